The van der Waals surface area contributed by atoms with Crippen molar-refractivity contribution in [3.05, 3.63) is 66.2 Å². The van der Waals surface area contributed by atoms with E-state index in [-0.39, 0.29) is 24.0 Å². The molecule has 3 heterocycles. The number of hydrogen-bond donors (Lipinski definition) is 1. The van der Waals surface area contributed by atoms with Crippen LogP contribution in [0.4, 0.5) is 0 Å². The second kappa shape index (κ2) is 10.4. The van der Waals surface area contributed by atoms with E-state index in [0.717, 1.165) is 61.5 Å². The third kappa shape index (κ3) is 5.60. The van der Waals surface area contributed by atoms with Gasteiger partial charge in [0.05, 0.1) is 12.2 Å². The Morgan fingerprint density at radius 2 is 1.86 bits per heavy atom. The molecule has 1 saturated heterocycles. The van der Waals surface area contributed by atoms with Gasteiger partial charge in [-0.15, -0.1) is 24.0 Å². The number of hydrogen-bond acceptors (Lipinski definition) is 5. The van der Waals surface area contributed by atoms with Crippen molar-refractivity contribution >= 4 is 29.9 Å². The number of piperazine rings is 1. The van der Waals surface area contributed by atoms with Crippen molar-refractivity contribution in [1.82, 2.24) is 20.3 Å². The van der Waals surface area contributed by atoms with Crippen molar-refractivity contribution in [3.8, 4) is 11.3 Å². The van der Waals surface area contributed by atoms with E-state index in [1.165, 1.54) is 0 Å². The molecule has 8 heteroatoms. The average molecular weight is 507 g/mol. The number of nitrogens with one attached hydrogen (secondary N) is 1. The Bertz CT molecular complexity index is 887. The Labute approximate surface area is 187 Å². The van der Waals surface area contributed by atoms with Crippen molar-refractivity contribution in [2.45, 2.75) is 13.1 Å². The number of furan rings is 1. The normalized spacial score (nSPS) is 15.2. The van der Waals surface area contributed by atoms with Gasteiger partial charge in [-0.25, -0.2) is 0 Å². The quantitative estimate of drug-likeness (QED) is 0.324. The van der Waals surface area contributed by atoms with Gasteiger partial charge in [0, 0.05) is 51.4 Å². The Hall–Kier alpha value is -2.33. The topological polar surface area (TPSA) is 70.0 Å². The van der Waals surface area contributed by atoms with Crippen LogP contribution in [0.15, 0.2) is 68.7 Å². The Balaban J connectivity index is 0.00000240. The summed E-state index contributed by atoms with van der Waals surface area (Å²) in [6.45, 7) is 5.21. The number of aromatic nitrogens is 1. The number of halogens is 1. The van der Waals surface area contributed by atoms with E-state index in [1.54, 1.807) is 6.26 Å². The lowest BCUT2D eigenvalue weighted by molar-refractivity contribution is 0.169. The lowest BCUT2D eigenvalue weighted by Crippen LogP contribution is -2.52. The molecule has 0 spiro atoms. The summed E-state index contributed by atoms with van der Waals surface area (Å²) in [4.78, 5) is 9.09. The molecular formula is C21H26IN5O2. The third-order valence-electron chi connectivity index (χ3n) is 4.90. The molecule has 1 aliphatic heterocycles. The second-order valence-electron chi connectivity index (χ2n) is 6.79. The van der Waals surface area contributed by atoms with Crippen LogP contribution < -0.4 is 5.32 Å². The summed E-state index contributed by atoms with van der Waals surface area (Å²) in [6, 6.07) is 16.1. The highest BCUT2D eigenvalue weighted by molar-refractivity contribution is 14.0. The van der Waals surface area contributed by atoms with Crippen LogP contribution in [0, 0.1) is 0 Å². The van der Waals surface area contributed by atoms with Crippen molar-refractivity contribution in [2.75, 3.05) is 33.2 Å². The largest absolute Gasteiger partial charge is 0.459 e. The summed E-state index contributed by atoms with van der Waals surface area (Å²) in [5, 5.41) is 7.41. The van der Waals surface area contributed by atoms with Crippen LogP contribution in [0.25, 0.3) is 11.3 Å². The van der Waals surface area contributed by atoms with Crippen molar-refractivity contribution < 1.29 is 8.94 Å². The zero-order valence-electron chi connectivity index (χ0n) is 16.5. The van der Waals surface area contributed by atoms with Crippen molar-refractivity contribution in [1.29, 1.82) is 0 Å². The molecule has 1 fully saturated rings. The number of benzene rings is 1. The molecule has 2 aromatic heterocycles. The molecule has 0 radical (unpaired) electrons. The van der Waals surface area contributed by atoms with Crippen LogP contribution >= 0.6 is 24.0 Å². The minimum absolute atomic E-state index is 0. The molecule has 1 aromatic carbocycles. The third-order valence-corrected chi connectivity index (χ3v) is 4.90. The molecule has 0 atom stereocenters. The Kier molecular flexibility index (Phi) is 7.70. The van der Waals surface area contributed by atoms with E-state index < -0.39 is 0 Å². The van der Waals surface area contributed by atoms with E-state index in [1.807, 2.05) is 55.6 Å². The molecular weight excluding hydrogens is 481 g/mol. The number of aliphatic imine (C=N–C) groups is 1. The first-order chi connectivity index (χ1) is 13.8. The molecule has 3 aromatic rings. The summed E-state index contributed by atoms with van der Waals surface area (Å²) >= 11 is 0. The summed E-state index contributed by atoms with van der Waals surface area (Å²) in [6.07, 6.45) is 1.62. The minimum Gasteiger partial charge on any atom is -0.459 e. The standard InChI is InChI=1S/C21H25N5O2.HI/c1-22-21(26-12-10-25(11-13-26)16-18-9-14-27-24-18)23-15-19-7-8-20(28-19)17-5-3-2-4-6-17;/h2-9,14H,10-13,15-16H2,1H3,(H,22,23);1H. The fraction of sp³-hybridized carbons (Fsp3) is 0.333. The molecule has 1 aliphatic rings. The smallest absolute Gasteiger partial charge is 0.194 e. The first-order valence-corrected chi connectivity index (χ1v) is 9.53. The Morgan fingerprint density at radius 1 is 1.07 bits per heavy atom. The first kappa shape index (κ1) is 21.4. The average Bonchev–Trinajstić information content (AvgIpc) is 3.42. The molecule has 0 aliphatic carbocycles. The van der Waals surface area contributed by atoms with Gasteiger partial charge in [0.2, 0.25) is 0 Å². The zero-order chi connectivity index (χ0) is 19.2. The number of rotatable bonds is 5. The van der Waals surface area contributed by atoms with Crippen molar-refractivity contribution in [3.63, 3.8) is 0 Å². The van der Waals surface area contributed by atoms with Gasteiger partial charge in [-0.2, -0.15) is 0 Å². The maximum absolute atomic E-state index is 5.97. The highest BCUT2D eigenvalue weighted by atomic mass is 127. The molecule has 29 heavy (non-hydrogen) atoms. The van der Waals surface area contributed by atoms with Crippen LogP contribution in [0.2, 0.25) is 0 Å². The molecule has 0 bridgehead atoms. The van der Waals surface area contributed by atoms with Gasteiger partial charge in [-0.3, -0.25) is 9.89 Å². The molecule has 0 saturated carbocycles. The highest BCUT2D eigenvalue weighted by Crippen LogP contribution is 2.21. The van der Waals surface area contributed by atoms with E-state index in [2.05, 4.69) is 25.3 Å². The lowest BCUT2D eigenvalue weighted by Gasteiger charge is -2.36. The minimum atomic E-state index is 0. The number of nitrogens with zero attached hydrogens (tertiary/aromatic N) is 4. The van der Waals surface area contributed by atoms with Crippen LogP contribution in [0.5, 0.6) is 0 Å². The molecule has 154 valence electrons. The lowest BCUT2D eigenvalue weighted by atomic mass is 10.2. The maximum atomic E-state index is 5.97. The monoisotopic (exact) mass is 507 g/mol. The summed E-state index contributed by atoms with van der Waals surface area (Å²) < 4.78 is 10.9. The Morgan fingerprint density at radius 3 is 2.55 bits per heavy atom. The molecule has 7 nitrogen and oxygen atoms in total. The predicted octanol–water partition coefficient (Wildman–Crippen LogP) is 3.45. The van der Waals surface area contributed by atoms with Crippen LogP contribution in [-0.4, -0.2) is 54.1 Å². The first-order valence-electron chi connectivity index (χ1n) is 9.53. The van der Waals surface area contributed by atoms with Gasteiger partial charge < -0.3 is 19.2 Å². The van der Waals surface area contributed by atoms with Gasteiger partial charge in [0.25, 0.3) is 0 Å². The fourth-order valence-electron chi connectivity index (χ4n) is 3.39. The number of guanidine groups is 1. The van der Waals surface area contributed by atoms with Crippen LogP contribution in [0.1, 0.15) is 11.5 Å². The van der Waals surface area contributed by atoms with Crippen LogP contribution in [0.3, 0.4) is 0 Å². The SMILES string of the molecule is CN=C(NCc1ccc(-c2ccccc2)o1)N1CCN(Cc2ccon2)CC1.I. The zero-order valence-corrected chi connectivity index (χ0v) is 18.8. The van der Waals surface area contributed by atoms with E-state index in [0.29, 0.717) is 6.54 Å². The molecule has 0 amide bonds. The van der Waals surface area contributed by atoms with Gasteiger partial charge in [-0.05, 0) is 12.1 Å². The molecule has 4 rings (SSSR count). The fourth-order valence-corrected chi connectivity index (χ4v) is 3.39. The van der Waals surface area contributed by atoms with E-state index in [9.17, 15) is 0 Å². The highest BCUT2D eigenvalue weighted by Gasteiger charge is 2.20. The van der Waals surface area contributed by atoms with Gasteiger partial charge in [-0.1, -0.05) is 35.5 Å². The van der Waals surface area contributed by atoms with Gasteiger partial charge >= 0.3 is 0 Å². The van der Waals surface area contributed by atoms with Crippen molar-refractivity contribution in [2.24, 2.45) is 4.99 Å². The van der Waals surface area contributed by atoms with Gasteiger partial charge in [0.15, 0.2) is 5.96 Å². The van der Waals surface area contributed by atoms with Gasteiger partial charge in [0.1, 0.15) is 17.8 Å². The predicted molar refractivity (Wildman–Crippen MR) is 123 cm³/mol. The summed E-state index contributed by atoms with van der Waals surface area (Å²) in [5.41, 5.74) is 2.06. The van der Waals surface area contributed by atoms with E-state index >= 15 is 0 Å². The van der Waals surface area contributed by atoms with E-state index in [4.69, 9.17) is 8.94 Å². The summed E-state index contributed by atoms with van der Waals surface area (Å²) in [7, 11) is 1.82. The maximum Gasteiger partial charge on any atom is 0.194 e. The van der Waals surface area contributed by atoms with Crippen LogP contribution in [-0.2, 0) is 13.1 Å². The summed E-state index contributed by atoms with van der Waals surface area (Å²) in [5.74, 6) is 2.68. The second-order valence-corrected chi connectivity index (χ2v) is 6.79. The molecule has 0 unspecified atom stereocenters. The molecule has 1 N–H and O–H groups in total.